The number of hydroxylamine groups is 3. The number of amides is 2. The number of likely N-dealkylation sites (N-methyl/N-ethyl adjacent to an activating group) is 2. The molecule has 18 heteroatoms. The summed E-state index contributed by atoms with van der Waals surface area (Å²) in [4.78, 5) is 95.0. The summed E-state index contributed by atoms with van der Waals surface area (Å²) in [6.45, 7) is 4.99. The number of Topliss-reactive ketones (excluding diaryl/α,β-unsaturated/α-hetero) is 1. The Morgan fingerprint density at radius 3 is 1.50 bits per heavy atom. The Morgan fingerprint density at radius 1 is 0.771 bits per heavy atom. The van der Waals surface area contributed by atoms with Gasteiger partial charge in [0.2, 0.25) is 0 Å². The molecule has 0 saturated carbocycles. The van der Waals surface area contributed by atoms with E-state index in [1.807, 2.05) is 0 Å². The maximum absolute atomic E-state index is 11.9. The molecular weight excluding hydrogens is 640 g/mol. The fourth-order valence-electron chi connectivity index (χ4n) is 3.23. The number of carboxylic acid groups (broad SMARTS) is 4. The molecule has 0 fully saturated rings. The molecule has 0 aromatic heterocycles. The van der Waals surface area contributed by atoms with Crippen LogP contribution in [-0.2, 0) is 38.4 Å². The predicted molar refractivity (Wildman–Crippen MR) is 168 cm³/mol. The Kier molecular flexibility index (Phi) is 24.1. The first-order valence-electron chi connectivity index (χ1n) is 14.6. The van der Waals surface area contributed by atoms with Crippen LogP contribution >= 0.6 is 0 Å². The average molecular weight is 687 g/mol. The van der Waals surface area contributed by atoms with Crippen molar-refractivity contribution in [1.82, 2.24) is 21.2 Å². The standard InChI is InChI=1S/C13H13NO5.C6H13NO3.C6H11NO3.C5H9NO3/c1-8(13(17)18)6-7-19-14-11(15)9-4-2-3-5-10(9)12(14)16;1-5(6(8)9)3-4-10-7-2;1-4(8)3-5(7-2)6(9)10;1-6-4(2-3-7)5(8)9/h2-5,8H,6-7H2,1H3,(H,17,18);5,7H,3-4H2,1-2H3,(H,8,9);5,7H,3H2,1-2H3,(H,9,10);3-4,6H,2H2,1H3,(H,8,9). The predicted octanol–water partition coefficient (Wildman–Crippen LogP) is 0.459. The summed E-state index contributed by atoms with van der Waals surface area (Å²) in [6, 6.07) is 4.97. The molecule has 48 heavy (non-hydrogen) atoms. The Bertz CT molecular complexity index is 1190. The van der Waals surface area contributed by atoms with Crippen molar-refractivity contribution < 1.29 is 68.5 Å². The second-order valence-corrected chi connectivity index (χ2v) is 10.1. The molecule has 1 aromatic carbocycles. The van der Waals surface area contributed by atoms with E-state index >= 15 is 0 Å². The molecule has 0 radical (unpaired) electrons. The van der Waals surface area contributed by atoms with E-state index in [4.69, 9.17) is 30.1 Å². The molecule has 0 aliphatic carbocycles. The van der Waals surface area contributed by atoms with Crippen LogP contribution in [0.25, 0.3) is 0 Å². The van der Waals surface area contributed by atoms with Gasteiger partial charge in [-0.05, 0) is 46.0 Å². The molecule has 0 bridgehead atoms. The second-order valence-electron chi connectivity index (χ2n) is 10.1. The van der Waals surface area contributed by atoms with Crippen LogP contribution in [-0.4, -0.2) is 120 Å². The maximum Gasteiger partial charge on any atom is 0.321 e. The second kappa shape index (κ2) is 25.5. The summed E-state index contributed by atoms with van der Waals surface area (Å²) in [7, 11) is 4.66. The van der Waals surface area contributed by atoms with Crippen molar-refractivity contribution in [1.29, 1.82) is 0 Å². The fourth-order valence-corrected chi connectivity index (χ4v) is 3.23. The zero-order valence-corrected chi connectivity index (χ0v) is 27.8. The lowest BCUT2D eigenvalue weighted by atomic mass is 10.1. The van der Waals surface area contributed by atoms with Gasteiger partial charge >= 0.3 is 23.9 Å². The van der Waals surface area contributed by atoms with Crippen molar-refractivity contribution in [2.24, 2.45) is 11.8 Å². The Balaban J connectivity index is 0. The molecular formula is C30H46N4O14. The Hall–Kier alpha value is -4.62. The summed E-state index contributed by atoms with van der Waals surface area (Å²) in [5.74, 6) is -5.76. The smallest absolute Gasteiger partial charge is 0.321 e. The van der Waals surface area contributed by atoms with Crippen LogP contribution in [0, 0.1) is 11.8 Å². The van der Waals surface area contributed by atoms with E-state index < -0.39 is 53.7 Å². The number of hydrogen-bond donors (Lipinski definition) is 7. The van der Waals surface area contributed by atoms with Gasteiger partial charge in [-0.3, -0.25) is 38.4 Å². The van der Waals surface area contributed by atoms with Crippen LogP contribution in [0.4, 0.5) is 0 Å². The number of rotatable bonds is 18. The third kappa shape index (κ3) is 18.5. The topological polar surface area (TPSA) is 275 Å². The van der Waals surface area contributed by atoms with Gasteiger partial charge in [-0.1, -0.05) is 26.0 Å². The van der Waals surface area contributed by atoms with Crippen LogP contribution in [0.5, 0.6) is 0 Å². The Morgan fingerprint density at radius 2 is 1.21 bits per heavy atom. The number of nitrogens with one attached hydrogen (secondary N) is 3. The number of aliphatic carboxylic acids is 4. The number of fused-ring (bicyclic) bond motifs is 1. The average Bonchev–Trinajstić information content (AvgIpc) is 3.27. The van der Waals surface area contributed by atoms with Gasteiger partial charge < -0.3 is 40.7 Å². The van der Waals surface area contributed by atoms with Crippen molar-refractivity contribution in [2.75, 3.05) is 34.4 Å². The van der Waals surface area contributed by atoms with Crippen LogP contribution in [0.3, 0.4) is 0 Å². The summed E-state index contributed by atoms with van der Waals surface area (Å²) in [5, 5.41) is 39.5. The third-order valence-electron chi connectivity index (χ3n) is 6.29. The third-order valence-corrected chi connectivity index (χ3v) is 6.29. The maximum atomic E-state index is 11.9. The summed E-state index contributed by atoms with van der Waals surface area (Å²) < 4.78 is 0. The Labute approximate surface area is 277 Å². The molecule has 0 spiro atoms. The van der Waals surface area contributed by atoms with Crippen LogP contribution < -0.4 is 16.1 Å². The van der Waals surface area contributed by atoms with Gasteiger partial charge in [0.05, 0.1) is 36.2 Å². The van der Waals surface area contributed by atoms with Crippen molar-refractivity contribution in [3.05, 3.63) is 35.4 Å². The molecule has 1 aromatic rings. The summed E-state index contributed by atoms with van der Waals surface area (Å²) in [6.07, 6.45) is 1.41. The SMILES string of the molecule is CC(CCON1C(=O)c2ccccc2C1=O)C(=O)O.CNC(CC(C)=O)C(=O)O.CNC(CC=O)C(=O)O.CNOCCC(C)C(=O)O. The number of aldehydes is 1. The fraction of sp³-hybridized carbons (Fsp3) is 0.533. The van der Waals surface area contributed by atoms with Gasteiger partial charge in [-0.2, -0.15) is 0 Å². The van der Waals surface area contributed by atoms with Gasteiger partial charge in [-0.25, -0.2) is 5.48 Å². The van der Waals surface area contributed by atoms with Gasteiger partial charge in [-0.15, -0.1) is 5.06 Å². The van der Waals surface area contributed by atoms with Crippen molar-refractivity contribution >= 4 is 47.8 Å². The van der Waals surface area contributed by atoms with Gasteiger partial charge in [0.15, 0.2) is 0 Å². The number of carboxylic acids is 4. The normalized spacial score (nSPS) is 13.8. The molecule has 1 aliphatic rings. The summed E-state index contributed by atoms with van der Waals surface area (Å²) >= 11 is 0. The first kappa shape index (κ1) is 45.5. The van der Waals surface area contributed by atoms with E-state index in [-0.39, 0.29) is 37.6 Å². The van der Waals surface area contributed by atoms with Crippen LogP contribution in [0.2, 0.25) is 0 Å². The number of carbonyl (C=O) groups excluding carboxylic acids is 4. The van der Waals surface area contributed by atoms with E-state index in [9.17, 15) is 38.4 Å². The number of imide groups is 1. The largest absolute Gasteiger partial charge is 0.481 e. The quantitative estimate of drug-likeness (QED) is 0.0478. The number of nitrogens with zero attached hydrogens (tertiary/aromatic N) is 1. The first-order valence-corrected chi connectivity index (χ1v) is 14.6. The molecule has 1 heterocycles. The molecule has 270 valence electrons. The van der Waals surface area contributed by atoms with Gasteiger partial charge in [0, 0.05) is 19.9 Å². The van der Waals surface area contributed by atoms with Crippen molar-refractivity contribution in [3.63, 3.8) is 0 Å². The van der Waals surface area contributed by atoms with E-state index in [0.29, 0.717) is 35.5 Å². The molecule has 7 N–H and O–H groups in total. The van der Waals surface area contributed by atoms with E-state index in [2.05, 4.69) is 16.1 Å². The molecule has 1 aliphatic heterocycles. The lowest BCUT2D eigenvalue weighted by Gasteiger charge is -2.14. The highest BCUT2D eigenvalue weighted by Crippen LogP contribution is 2.22. The van der Waals surface area contributed by atoms with Gasteiger partial charge in [0.25, 0.3) is 11.8 Å². The molecule has 18 nitrogen and oxygen atoms in total. The van der Waals surface area contributed by atoms with Crippen LogP contribution in [0.1, 0.15) is 67.2 Å². The lowest BCUT2D eigenvalue weighted by Crippen LogP contribution is -2.35. The highest BCUT2D eigenvalue weighted by molar-refractivity contribution is 6.20. The molecule has 2 rings (SSSR count). The monoisotopic (exact) mass is 686 g/mol. The van der Waals surface area contributed by atoms with E-state index in [1.54, 1.807) is 38.2 Å². The molecule has 4 unspecified atom stereocenters. The minimum Gasteiger partial charge on any atom is -0.481 e. The first-order chi connectivity index (χ1) is 22.5. The number of carbonyl (C=O) groups is 8. The zero-order valence-electron chi connectivity index (χ0n) is 27.8. The molecule has 4 atom stereocenters. The minimum absolute atomic E-state index is 0.00106. The minimum atomic E-state index is -0.996. The number of hydrogen-bond acceptors (Lipinski definition) is 13. The molecule has 2 amide bonds. The van der Waals surface area contributed by atoms with E-state index in [0.717, 1.165) is 0 Å². The number of ketones is 1. The van der Waals surface area contributed by atoms with Crippen molar-refractivity contribution in [2.45, 2.75) is 58.5 Å². The number of benzene rings is 1. The zero-order chi connectivity index (χ0) is 37.4. The highest BCUT2D eigenvalue weighted by Gasteiger charge is 2.36. The summed E-state index contributed by atoms with van der Waals surface area (Å²) in [5.41, 5.74) is 3.08. The van der Waals surface area contributed by atoms with Crippen molar-refractivity contribution in [3.8, 4) is 0 Å². The van der Waals surface area contributed by atoms with E-state index in [1.165, 1.54) is 27.9 Å². The van der Waals surface area contributed by atoms with Crippen LogP contribution in [0.15, 0.2) is 24.3 Å². The van der Waals surface area contributed by atoms with Gasteiger partial charge in [0.1, 0.15) is 24.2 Å². The highest BCUT2D eigenvalue weighted by atomic mass is 16.7. The molecule has 0 saturated heterocycles. The lowest BCUT2D eigenvalue weighted by molar-refractivity contribution is -0.143.